The van der Waals surface area contributed by atoms with Gasteiger partial charge in [-0.05, 0) is 58.3 Å². The third-order valence-electron chi connectivity index (χ3n) is 3.80. The molecule has 0 amide bonds. The van der Waals surface area contributed by atoms with Crippen LogP contribution in [0.15, 0.2) is 36.4 Å². The van der Waals surface area contributed by atoms with Crippen molar-refractivity contribution in [1.29, 1.82) is 0 Å². The molecule has 0 saturated carbocycles. The number of nitrogens with zero attached hydrogens (tertiary/aromatic N) is 2. The fraction of sp³-hybridized carbons (Fsp3) is 0.200. The van der Waals surface area contributed by atoms with Gasteiger partial charge in [-0.25, -0.2) is 0 Å². The van der Waals surface area contributed by atoms with E-state index in [-0.39, 0.29) is 10.6 Å². The van der Waals surface area contributed by atoms with Crippen LogP contribution in [-0.4, -0.2) is 11.5 Å². The molecular weight excluding hydrogens is 381 g/mol. The van der Waals surface area contributed by atoms with Gasteiger partial charge in [-0.15, -0.1) is 0 Å². The molecule has 0 spiro atoms. The highest BCUT2D eigenvalue weighted by atomic mass is 127. The molecule has 0 aliphatic carbocycles. The lowest BCUT2D eigenvalue weighted by Gasteiger charge is -2.31. The van der Waals surface area contributed by atoms with E-state index in [1.807, 2.05) is 46.9 Å². The standard InChI is InChI=1S/C15H14IN3O2/c16-13-8-11(4-5-15(13)19(20)21)18-7-6-12-10(9-18)2-1-3-14(12)17/h1-5,8H,6-7,9,17H2. The molecule has 108 valence electrons. The maximum atomic E-state index is 10.9. The summed E-state index contributed by atoms with van der Waals surface area (Å²) >= 11 is 2.01. The quantitative estimate of drug-likeness (QED) is 0.367. The Morgan fingerprint density at radius 1 is 1.29 bits per heavy atom. The summed E-state index contributed by atoms with van der Waals surface area (Å²) in [7, 11) is 0. The van der Waals surface area contributed by atoms with Crippen LogP contribution in [0, 0.1) is 13.7 Å². The molecule has 21 heavy (non-hydrogen) atoms. The molecule has 1 heterocycles. The molecule has 5 nitrogen and oxygen atoms in total. The number of benzene rings is 2. The second-order valence-electron chi connectivity index (χ2n) is 5.05. The summed E-state index contributed by atoms with van der Waals surface area (Å²) in [6.45, 7) is 1.66. The van der Waals surface area contributed by atoms with Gasteiger partial charge in [0.25, 0.3) is 5.69 Å². The van der Waals surface area contributed by atoms with Gasteiger partial charge >= 0.3 is 0 Å². The number of halogens is 1. The van der Waals surface area contributed by atoms with Crippen LogP contribution in [0.2, 0.25) is 0 Å². The van der Waals surface area contributed by atoms with Crippen LogP contribution in [0.5, 0.6) is 0 Å². The Morgan fingerprint density at radius 3 is 2.81 bits per heavy atom. The van der Waals surface area contributed by atoms with Gasteiger partial charge in [0.15, 0.2) is 0 Å². The van der Waals surface area contributed by atoms with Crippen molar-refractivity contribution in [2.45, 2.75) is 13.0 Å². The molecule has 0 saturated heterocycles. The molecule has 3 rings (SSSR count). The average Bonchev–Trinajstić information content (AvgIpc) is 2.46. The molecule has 2 aromatic rings. The van der Waals surface area contributed by atoms with E-state index in [4.69, 9.17) is 5.73 Å². The largest absolute Gasteiger partial charge is 0.398 e. The van der Waals surface area contributed by atoms with Gasteiger partial charge in [0.2, 0.25) is 0 Å². The van der Waals surface area contributed by atoms with Crippen molar-refractivity contribution in [3.63, 3.8) is 0 Å². The van der Waals surface area contributed by atoms with E-state index in [1.165, 1.54) is 11.1 Å². The molecule has 0 atom stereocenters. The lowest BCUT2D eigenvalue weighted by atomic mass is 9.97. The smallest absolute Gasteiger partial charge is 0.282 e. The second kappa shape index (κ2) is 5.51. The number of anilines is 2. The van der Waals surface area contributed by atoms with Gasteiger partial charge in [0, 0.05) is 30.5 Å². The van der Waals surface area contributed by atoms with Gasteiger partial charge < -0.3 is 10.6 Å². The molecule has 0 unspecified atom stereocenters. The molecule has 0 aromatic heterocycles. The summed E-state index contributed by atoms with van der Waals surface area (Å²) < 4.78 is 0.661. The summed E-state index contributed by atoms with van der Waals surface area (Å²) in [4.78, 5) is 12.8. The Balaban J connectivity index is 1.90. The van der Waals surface area contributed by atoms with Gasteiger partial charge in [0.1, 0.15) is 0 Å². The van der Waals surface area contributed by atoms with Gasteiger partial charge in [0.05, 0.1) is 8.49 Å². The molecule has 6 heteroatoms. The first-order valence-electron chi connectivity index (χ1n) is 6.61. The minimum absolute atomic E-state index is 0.154. The summed E-state index contributed by atoms with van der Waals surface area (Å²) in [5.41, 5.74) is 10.5. The van der Waals surface area contributed by atoms with Crippen molar-refractivity contribution in [2.75, 3.05) is 17.2 Å². The normalized spacial score (nSPS) is 13.9. The van der Waals surface area contributed by atoms with E-state index < -0.39 is 0 Å². The predicted octanol–water partition coefficient (Wildman–Crippen LogP) is 3.34. The first-order valence-corrected chi connectivity index (χ1v) is 7.69. The lowest BCUT2D eigenvalue weighted by molar-refractivity contribution is -0.385. The summed E-state index contributed by atoms with van der Waals surface area (Å²) in [5.74, 6) is 0. The molecule has 1 aliphatic heterocycles. The zero-order valence-electron chi connectivity index (χ0n) is 11.3. The van der Waals surface area contributed by atoms with Crippen molar-refractivity contribution in [3.05, 3.63) is 61.2 Å². The Bertz CT molecular complexity index is 718. The maximum absolute atomic E-state index is 10.9. The second-order valence-corrected chi connectivity index (χ2v) is 6.21. The van der Waals surface area contributed by atoms with Crippen molar-refractivity contribution >= 4 is 39.7 Å². The van der Waals surface area contributed by atoms with Crippen LogP contribution >= 0.6 is 22.6 Å². The molecule has 0 bridgehead atoms. The SMILES string of the molecule is Nc1cccc2c1CCN(c1ccc([N+](=O)[O-])c(I)c1)C2. The zero-order valence-corrected chi connectivity index (χ0v) is 13.4. The predicted molar refractivity (Wildman–Crippen MR) is 91.4 cm³/mol. The fourth-order valence-corrected chi connectivity index (χ4v) is 3.40. The highest BCUT2D eigenvalue weighted by Gasteiger charge is 2.20. The molecule has 2 aromatic carbocycles. The Kier molecular flexibility index (Phi) is 3.71. The molecular formula is C15H14IN3O2. The van der Waals surface area contributed by atoms with E-state index in [2.05, 4.69) is 11.0 Å². The number of hydrogen-bond acceptors (Lipinski definition) is 4. The van der Waals surface area contributed by atoms with Gasteiger partial charge in [-0.2, -0.15) is 0 Å². The van der Waals surface area contributed by atoms with E-state index >= 15 is 0 Å². The number of nitrogen functional groups attached to an aromatic ring is 1. The van der Waals surface area contributed by atoms with Crippen molar-refractivity contribution in [2.24, 2.45) is 0 Å². The van der Waals surface area contributed by atoms with Crippen molar-refractivity contribution < 1.29 is 4.92 Å². The summed E-state index contributed by atoms with van der Waals surface area (Å²) in [6.07, 6.45) is 0.898. The van der Waals surface area contributed by atoms with E-state index in [9.17, 15) is 10.1 Å². The molecule has 2 N–H and O–H groups in total. The third kappa shape index (κ3) is 2.67. The monoisotopic (exact) mass is 395 g/mol. The summed E-state index contributed by atoms with van der Waals surface area (Å²) in [5, 5.41) is 10.9. The third-order valence-corrected chi connectivity index (χ3v) is 4.66. The van der Waals surface area contributed by atoms with E-state index in [0.717, 1.165) is 30.9 Å². The average molecular weight is 395 g/mol. The van der Waals surface area contributed by atoms with Gasteiger partial charge in [-0.1, -0.05) is 12.1 Å². The number of nitrogens with two attached hydrogens (primary N) is 1. The van der Waals surface area contributed by atoms with Crippen LogP contribution in [-0.2, 0) is 13.0 Å². The van der Waals surface area contributed by atoms with Gasteiger partial charge in [-0.3, -0.25) is 10.1 Å². The van der Waals surface area contributed by atoms with Crippen LogP contribution in [0.4, 0.5) is 17.1 Å². The number of fused-ring (bicyclic) bond motifs is 1. The van der Waals surface area contributed by atoms with Crippen LogP contribution in [0.25, 0.3) is 0 Å². The lowest BCUT2D eigenvalue weighted by Crippen LogP contribution is -2.30. The van der Waals surface area contributed by atoms with Crippen LogP contribution in [0.1, 0.15) is 11.1 Å². The minimum Gasteiger partial charge on any atom is -0.398 e. The fourth-order valence-electron chi connectivity index (χ4n) is 2.70. The van der Waals surface area contributed by atoms with Crippen LogP contribution in [0.3, 0.4) is 0 Å². The number of rotatable bonds is 2. The van der Waals surface area contributed by atoms with Crippen molar-refractivity contribution in [3.8, 4) is 0 Å². The summed E-state index contributed by atoms with van der Waals surface area (Å²) in [6, 6.07) is 11.3. The minimum atomic E-state index is -0.349. The van der Waals surface area contributed by atoms with E-state index in [1.54, 1.807) is 6.07 Å². The molecule has 0 fully saturated rings. The topological polar surface area (TPSA) is 72.4 Å². The molecule has 0 radical (unpaired) electrons. The Morgan fingerprint density at radius 2 is 2.10 bits per heavy atom. The Labute approximate surface area is 136 Å². The first kappa shape index (κ1) is 14.1. The maximum Gasteiger partial charge on any atom is 0.282 e. The first-order chi connectivity index (χ1) is 10.1. The van der Waals surface area contributed by atoms with E-state index in [0.29, 0.717) is 3.57 Å². The highest BCUT2D eigenvalue weighted by molar-refractivity contribution is 14.1. The van der Waals surface area contributed by atoms with Crippen LogP contribution < -0.4 is 10.6 Å². The Hall–Kier alpha value is -1.83. The number of nitro benzene ring substituents is 1. The highest BCUT2D eigenvalue weighted by Crippen LogP contribution is 2.31. The number of nitro groups is 1. The zero-order chi connectivity index (χ0) is 15.0. The number of hydrogen-bond donors (Lipinski definition) is 1. The molecule has 1 aliphatic rings. The van der Waals surface area contributed by atoms with Crippen molar-refractivity contribution in [1.82, 2.24) is 0 Å².